The molecule has 2 bridgehead atoms. The van der Waals surface area contributed by atoms with E-state index in [-0.39, 0.29) is 0 Å². The second-order valence-corrected chi connectivity index (χ2v) is 9.59. The molecule has 6 aromatic rings. The molecule has 0 saturated heterocycles. The molecule has 0 fully saturated rings. The van der Waals surface area contributed by atoms with Gasteiger partial charge in [-0.15, -0.1) is 11.3 Å². The van der Waals surface area contributed by atoms with Gasteiger partial charge in [-0.1, -0.05) is 60.7 Å². The molecule has 1 aliphatic rings. The summed E-state index contributed by atoms with van der Waals surface area (Å²) >= 11 is 1.87. The van der Waals surface area contributed by atoms with Crippen molar-refractivity contribution in [3.63, 3.8) is 0 Å². The van der Waals surface area contributed by atoms with Gasteiger partial charge in [0.1, 0.15) is 0 Å². The normalized spacial score (nSPS) is 12.0. The first kappa shape index (κ1) is 18.6. The summed E-state index contributed by atoms with van der Waals surface area (Å²) in [6, 6.07) is 32.6. The largest absolute Gasteiger partial charge is 0.353 e. The zero-order valence-electron chi connectivity index (χ0n) is 18.1. The summed E-state index contributed by atoms with van der Waals surface area (Å²) in [5.41, 5.74) is 10.7. The fourth-order valence-corrected chi connectivity index (χ4v) is 6.27. The summed E-state index contributed by atoms with van der Waals surface area (Å²) in [5.74, 6) is 0. The van der Waals surface area contributed by atoms with Gasteiger partial charge >= 0.3 is 0 Å². The van der Waals surface area contributed by atoms with Crippen molar-refractivity contribution in [1.29, 1.82) is 0 Å². The summed E-state index contributed by atoms with van der Waals surface area (Å²) < 4.78 is 2.63. The van der Waals surface area contributed by atoms with Crippen molar-refractivity contribution in [2.24, 2.45) is 0 Å². The number of rotatable bonds is 1. The van der Waals surface area contributed by atoms with Crippen LogP contribution in [0.3, 0.4) is 0 Å². The van der Waals surface area contributed by atoms with Crippen LogP contribution in [0.4, 0.5) is 11.4 Å². The molecule has 1 aliphatic heterocycles. The number of fused-ring (bicyclic) bond motifs is 10. The Bertz CT molecular complexity index is 1700. The summed E-state index contributed by atoms with van der Waals surface area (Å²) in [4.78, 5) is 4.58. The fraction of sp³-hybridized carbons (Fsp3) is 0.0333. The van der Waals surface area contributed by atoms with E-state index in [1.165, 1.54) is 53.7 Å². The maximum atomic E-state index is 4.58. The lowest BCUT2D eigenvalue weighted by atomic mass is 9.88. The van der Waals surface area contributed by atoms with Crippen LogP contribution in [-0.2, 0) is 0 Å². The van der Waals surface area contributed by atoms with Crippen LogP contribution in [0.2, 0.25) is 0 Å². The minimum Gasteiger partial charge on any atom is -0.353 e. The van der Waals surface area contributed by atoms with E-state index < -0.39 is 0 Å². The summed E-state index contributed by atoms with van der Waals surface area (Å²) in [7, 11) is 0. The first-order valence-electron chi connectivity index (χ1n) is 11.1. The monoisotopic (exact) mass is 440 g/mol. The fourth-order valence-electron chi connectivity index (χ4n) is 5.06. The molecule has 0 aliphatic carbocycles. The van der Waals surface area contributed by atoms with E-state index in [0.29, 0.717) is 0 Å². The van der Waals surface area contributed by atoms with Gasteiger partial charge in [-0.2, -0.15) is 0 Å². The molecule has 0 radical (unpaired) electrons. The smallest absolute Gasteiger partial charge is 0.0702 e. The molecule has 4 aromatic carbocycles. The predicted molar refractivity (Wildman–Crippen MR) is 141 cm³/mol. The van der Waals surface area contributed by atoms with E-state index in [4.69, 9.17) is 0 Å². The zero-order valence-corrected chi connectivity index (χ0v) is 18.9. The van der Waals surface area contributed by atoms with Gasteiger partial charge in [0.25, 0.3) is 0 Å². The van der Waals surface area contributed by atoms with Gasteiger partial charge in [-0.3, -0.25) is 4.98 Å². The molecule has 33 heavy (non-hydrogen) atoms. The highest BCUT2D eigenvalue weighted by atomic mass is 32.1. The number of aromatic nitrogens is 1. The molecule has 3 heteroatoms. The van der Waals surface area contributed by atoms with Crippen LogP contribution >= 0.6 is 11.3 Å². The number of nitrogens with zero attached hydrogens (tertiary/aromatic N) is 1. The average molecular weight is 441 g/mol. The molecule has 2 nitrogen and oxygen atoms in total. The van der Waals surface area contributed by atoms with Crippen LogP contribution in [0.1, 0.15) is 5.56 Å². The number of hydrogen-bond acceptors (Lipinski definition) is 3. The Labute approximate surface area is 196 Å². The molecule has 7 rings (SSSR count). The SMILES string of the molecule is Cc1c2cccc1-c1ccc3c(sc4ccccc43)c1Nc1ccc(-c3ccccn3)cc1-2. The zero-order chi connectivity index (χ0) is 21.9. The van der Waals surface area contributed by atoms with Gasteiger partial charge in [0.2, 0.25) is 0 Å². The van der Waals surface area contributed by atoms with E-state index in [0.717, 1.165) is 16.9 Å². The molecule has 0 unspecified atom stereocenters. The minimum absolute atomic E-state index is 0.989. The number of nitrogens with one attached hydrogen (secondary N) is 1. The summed E-state index contributed by atoms with van der Waals surface area (Å²) in [6.07, 6.45) is 1.85. The molecule has 0 spiro atoms. The van der Waals surface area contributed by atoms with Crippen LogP contribution in [-0.4, -0.2) is 4.98 Å². The van der Waals surface area contributed by atoms with Gasteiger partial charge in [0, 0.05) is 44.0 Å². The highest BCUT2D eigenvalue weighted by Crippen LogP contribution is 2.48. The van der Waals surface area contributed by atoms with Crippen molar-refractivity contribution < 1.29 is 0 Å². The van der Waals surface area contributed by atoms with Gasteiger partial charge in [0.05, 0.1) is 16.1 Å². The molecule has 0 atom stereocenters. The van der Waals surface area contributed by atoms with Crippen LogP contribution in [0, 0.1) is 6.92 Å². The second kappa shape index (κ2) is 7.03. The number of anilines is 2. The highest BCUT2D eigenvalue weighted by molar-refractivity contribution is 7.26. The third-order valence-electron chi connectivity index (χ3n) is 6.70. The summed E-state index contributed by atoms with van der Waals surface area (Å²) in [5, 5.41) is 6.48. The van der Waals surface area contributed by atoms with E-state index in [1.54, 1.807) is 0 Å². The number of thiophene rings is 1. The second-order valence-electron chi connectivity index (χ2n) is 8.54. The molecule has 156 valence electrons. The lowest BCUT2D eigenvalue weighted by Gasteiger charge is -2.23. The van der Waals surface area contributed by atoms with Crippen molar-refractivity contribution in [2.45, 2.75) is 6.92 Å². The first-order valence-corrected chi connectivity index (χ1v) is 12.0. The molecule has 2 aromatic heterocycles. The molecule has 0 saturated carbocycles. The van der Waals surface area contributed by atoms with Gasteiger partial charge in [-0.25, -0.2) is 0 Å². The topological polar surface area (TPSA) is 24.9 Å². The molecule has 1 N–H and O–H groups in total. The number of benzene rings is 4. The molecule has 0 amide bonds. The lowest BCUT2D eigenvalue weighted by molar-refractivity contribution is 1.32. The standard InChI is InChI=1S/C30H20N2S/c1-18-20-8-6-9-21(18)25-17-19(26-10-4-5-16-31-26)12-15-27(25)32-29-23(20)13-14-24-22-7-2-3-11-28(22)33-30(24)29/h2-17,32H,1H3. The van der Waals surface area contributed by atoms with E-state index in [1.807, 2.05) is 29.7 Å². The highest BCUT2D eigenvalue weighted by Gasteiger charge is 2.21. The molecule has 3 heterocycles. The first-order chi connectivity index (χ1) is 16.3. The third-order valence-corrected chi connectivity index (χ3v) is 7.91. The Morgan fingerprint density at radius 1 is 0.697 bits per heavy atom. The molecular weight excluding hydrogens is 420 g/mol. The molecular formula is C30H20N2S. The van der Waals surface area contributed by atoms with E-state index in [2.05, 4.69) is 96.1 Å². The Kier molecular flexibility index (Phi) is 3.96. The van der Waals surface area contributed by atoms with Crippen LogP contribution in [0.5, 0.6) is 0 Å². The van der Waals surface area contributed by atoms with Crippen molar-refractivity contribution in [3.05, 3.63) is 103 Å². The van der Waals surface area contributed by atoms with Crippen molar-refractivity contribution in [3.8, 4) is 33.5 Å². The summed E-state index contributed by atoms with van der Waals surface area (Å²) in [6.45, 7) is 2.24. The maximum Gasteiger partial charge on any atom is 0.0702 e. The quantitative estimate of drug-likeness (QED) is 0.276. The van der Waals surface area contributed by atoms with Crippen LogP contribution in [0.25, 0.3) is 53.7 Å². The van der Waals surface area contributed by atoms with Gasteiger partial charge < -0.3 is 5.32 Å². The average Bonchev–Trinajstić information content (AvgIpc) is 3.24. The van der Waals surface area contributed by atoms with Crippen molar-refractivity contribution >= 4 is 42.9 Å². The number of pyridine rings is 1. The number of hydrogen-bond donors (Lipinski definition) is 1. The minimum atomic E-state index is 0.989. The maximum absolute atomic E-state index is 4.58. The van der Waals surface area contributed by atoms with E-state index in [9.17, 15) is 0 Å². The Balaban J connectivity index is 1.54. The van der Waals surface area contributed by atoms with Crippen molar-refractivity contribution in [1.82, 2.24) is 4.98 Å². The lowest BCUT2D eigenvalue weighted by Crippen LogP contribution is -2.02. The van der Waals surface area contributed by atoms with Crippen molar-refractivity contribution in [2.75, 3.05) is 5.32 Å². The Morgan fingerprint density at radius 2 is 1.55 bits per heavy atom. The van der Waals surface area contributed by atoms with Gasteiger partial charge in [-0.05, 0) is 53.9 Å². The third kappa shape index (κ3) is 2.76. The Morgan fingerprint density at radius 3 is 2.42 bits per heavy atom. The van der Waals surface area contributed by atoms with Crippen LogP contribution in [0.15, 0.2) is 97.2 Å². The van der Waals surface area contributed by atoms with Crippen LogP contribution < -0.4 is 5.32 Å². The van der Waals surface area contributed by atoms with E-state index >= 15 is 0 Å². The van der Waals surface area contributed by atoms with Gasteiger partial charge in [0.15, 0.2) is 0 Å². The predicted octanol–water partition coefficient (Wildman–Crippen LogP) is 8.82. The Hall–Kier alpha value is -3.95.